The van der Waals surface area contributed by atoms with Crippen molar-refractivity contribution < 1.29 is 18.7 Å². The van der Waals surface area contributed by atoms with Gasteiger partial charge in [0.05, 0.1) is 39.1 Å². The predicted octanol–water partition coefficient (Wildman–Crippen LogP) is 2.34. The Hall–Kier alpha value is -3.27. The average molecular weight is 466 g/mol. The number of hydrogen-bond acceptors (Lipinski definition) is 8. The van der Waals surface area contributed by atoms with E-state index in [2.05, 4.69) is 31.2 Å². The number of hydrogen-bond donors (Lipinski definition) is 1. The van der Waals surface area contributed by atoms with Crippen molar-refractivity contribution in [2.75, 3.05) is 46.5 Å². The fourth-order valence-electron chi connectivity index (χ4n) is 3.84. The molecule has 3 heterocycles. The van der Waals surface area contributed by atoms with E-state index in [9.17, 15) is 4.79 Å². The molecule has 0 radical (unpaired) electrons. The molecular weight excluding hydrogens is 434 g/mol. The summed E-state index contributed by atoms with van der Waals surface area (Å²) in [6.07, 6.45) is 3.11. The van der Waals surface area contributed by atoms with Crippen LogP contribution < -0.4 is 10.1 Å². The van der Waals surface area contributed by atoms with Gasteiger partial charge in [-0.25, -0.2) is 4.98 Å². The molecule has 1 N–H and O–H groups in total. The fourth-order valence-corrected chi connectivity index (χ4v) is 3.84. The van der Waals surface area contributed by atoms with Crippen LogP contribution in [0.15, 0.2) is 59.3 Å². The Morgan fingerprint density at radius 2 is 1.97 bits per heavy atom. The smallest absolute Gasteiger partial charge is 0.273 e. The van der Waals surface area contributed by atoms with E-state index < -0.39 is 0 Å². The lowest BCUT2D eigenvalue weighted by Crippen LogP contribution is -2.41. The molecule has 1 amide bonds. The Labute approximate surface area is 199 Å². The molecule has 1 aliphatic heterocycles. The first-order valence-electron chi connectivity index (χ1n) is 11.5. The number of nitrogens with one attached hydrogen (secondary N) is 1. The van der Waals surface area contributed by atoms with Gasteiger partial charge in [-0.1, -0.05) is 24.3 Å². The van der Waals surface area contributed by atoms with Crippen molar-refractivity contribution in [3.8, 4) is 5.75 Å². The van der Waals surface area contributed by atoms with Crippen molar-refractivity contribution in [1.29, 1.82) is 0 Å². The van der Waals surface area contributed by atoms with Gasteiger partial charge in [0.25, 0.3) is 5.91 Å². The molecule has 2 aromatic heterocycles. The van der Waals surface area contributed by atoms with Crippen molar-refractivity contribution in [2.45, 2.75) is 19.6 Å². The van der Waals surface area contributed by atoms with Gasteiger partial charge < -0.3 is 19.2 Å². The first-order chi connectivity index (χ1) is 16.7. The van der Waals surface area contributed by atoms with Crippen LogP contribution >= 0.6 is 0 Å². The number of benzene rings is 1. The summed E-state index contributed by atoms with van der Waals surface area (Å²) in [6.45, 7) is 6.63. The lowest BCUT2D eigenvalue weighted by molar-refractivity contribution is 0.0320. The van der Waals surface area contributed by atoms with E-state index in [-0.39, 0.29) is 11.6 Å². The van der Waals surface area contributed by atoms with Crippen LogP contribution in [0.5, 0.6) is 5.75 Å². The molecule has 0 bridgehead atoms. The van der Waals surface area contributed by atoms with Gasteiger partial charge in [-0.15, -0.1) is 0 Å². The maximum atomic E-state index is 12.5. The number of methoxy groups -OCH3 is 1. The van der Waals surface area contributed by atoms with Gasteiger partial charge in [0.2, 0.25) is 5.89 Å². The molecular formula is C25H31N5O4. The summed E-state index contributed by atoms with van der Waals surface area (Å²) in [5.74, 6) is 1.06. The molecule has 34 heavy (non-hydrogen) atoms. The van der Waals surface area contributed by atoms with E-state index >= 15 is 0 Å². The molecule has 1 fully saturated rings. The molecule has 1 saturated heterocycles. The zero-order chi connectivity index (χ0) is 23.6. The highest BCUT2D eigenvalue weighted by molar-refractivity contribution is 5.91. The molecule has 4 rings (SSSR count). The van der Waals surface area contributed by atoms with E-state index in [4.69, 9.17) is 13.9 Å². The van der Waals surface area contributed by atoms with E-state index in [1.807, 2.05) is 36.4 Å². The summed E-state index contributed by atoms with van der Waals surface area (Å²) in [6, 6.07) is 13.6. The summed E-state index contributed by atoms with van der Waals surface area (Å²) in [5.41, 5.74) is 2.13. The first kappa shape index (κ1) is 23.9. The lowest BCUT2D eigenvalue weighted by Gasteiger charge is -2.29. The van der Waals surface area contributed by atoms with Crippen LogP contribution in [0.1, 0.15) is 27.6 Å². The summed E-state index contributed by atoms with van der Waals surface area (Å²) in [4.78, 5) is 25.8. The molecule has 0 spiro atoms. The van der Waals surface area contributed by atoms with Crippen molar-refractivity contribution in [3.63, 3.8) is 0 Å². The van der Waals surface area contributed by atoms with Crippen molar-refractivity contribution >= 4 is 5.91 Å². The second kappa shape index (κ2) is 12.3. The monoisotopic (exact) mass is 465 g/mol. The molecule has 0 unspecified atom stereocenters. The van der Waals surface area contributed by atoms with Gasteiger partial charge in [0, 0.05) is 44.5 Å². The number of rotatable bonds is 11. The largest absolute Gasteiger partial charge is 0.496 e. The van der Waals surface area contributed by atoms with Gasteiger partial charge in [0.15, 0.2) is 5.69 Å². The van der Waals surface area contributed by atoms with E-state index in [0.29, 0.717) is 25.5 Å². The van der Waals surface area contributed by atoms with Gasteiger partial charge in [-0.2, -0.15) is 0 Å². The number of amides is 1. The van der Waals surface area contributed by atoms with Gasteiger partial charge in [-0.3, -0.25) is 19.6 Å². The number of para-hydroxylation sites is 1. The first-order valence-corrected chi connectivity index (χ1v) is 11.5. The Morgan fingerprint density at radius 3 is 2.76 bits per heavy atom. The molecule has 9 nitrogen and oxygen atoms in total. The molecule has 180 valence electrons. The van der Waals surface area contributed by atoms with Crippen LogP contribution in [0.3, 0.4) is 0 Å². The predicted molar refractivity (Wildman–Crippen MR) is 126 cm³/mol. The van der Waals surface area contributed by atoms with Crippen molar-refractivity contribution in [1.82, 2.24) is 25.1 Å². The highest BCUT2D eigenvalue weighted by atomic mass is 16.5. The lowest BCUT2D eigenvalue weighted by atomic mass is 10.2. The third-order valence-corrected chi connectivity index (χ3v) is 5.72. The molecule has 3 aromatic rings. The quantitative estimate of drug-likeness (QED) is 0.461. The highest BCUT2D eigenvalue weighted by Crippen LogP contribution is 2.20. The second-order valence-electron chi connectivity index (χ2n) is 8.11. The summed E-state index contributed by atoms with van der Waals surface area (Å²) in [7, 11) is 1.68. The third kappa shape index (κ3) is 6.86. The van der Waals surface area contributed by atoms with E-state index in [1.165, 1.54) is 6.26 Å². The number of carbonyl (C=O) groups excluding carboxylic acids is 1. The normalized spacial score (nSPS) is 14.3. The zero-order valence-electron chi connectivity index (χ0n) is 19.5. The Bertz CT molecular complexity index is 1040. The van der Waals surface area contributed by atoms with Crippen LogP contribution in [0.4, 0.5) is 0 Å². The molecule has 1 aromatic carbocycles. The fraction of sp³-hybridized carbons (Fsp3) is 0.400. The van der Waals surface area contributed by atoms with Crippen LogP contribution in [-0.2, 0) is 24.4 Å². The number of ether oxygens (including phenoxy) is 2. The zero-order valence-corrected chi connectivity index (χ0v) is 19.5. The van der Waals surface area contributed by atoms with Crippen LogP contribution in [-0.4, -0.2) is 72.2 Å². The number of oxazole rings is 1. The van der Waals surface area contributed by atoms with Crippen molar-refractivity contribution in [3.05, 3.63) is 77.8 Å². The molecule has 0 atom stereocenters. The SMILES string of the molecule is COc1ccccc1CN(CCN1CCOCC1)Cc1nc(C(=O)NCc2ccccn2)co1. The Kier molecular flexibility index (Phi) is 8.61. The van der Waals surface area contributed by atoms with Gasteiger partial charge >= 0.3 is 0 Å². The maximum absolute atomic E-state index is 12.5. The minimum Gasteiger partial charge on any atom is -0.496 e. The van der Waals surface area contributed by atoms with Crippen LogP contribution in [0.25, 0.3) is 0 Å². The minimum absolute atomic E-state index is 0.261. The topological polar surface area (TPSA) is 93.0 Å². The Morgan fingerprint density at radius 1 is 1.15 bits per heavy atom. The Balaban J connectivity index is 1.39. The molecule has 0 aliphatic carbocycles. The van der Waals surface area contributed by atoms with Gasteiger partial charge in [0.1, 0.15) is 12.0 Å². The number of pyridine rings is 1. The summed E-state index contributed by atoms with van der Waals surface area (Å²) in [5, 5.41) is 2.83. The number of nitrogens with zero attached hydrogens (tertiary/aromatic N) is 4. The van der Waals surface area contributed by atoms with Crippen LogP contribution in [0.2, 0.25) is 0 Å². The second-order valence-corrected chi connectivity index (χ2v) is 8.11. The van der Waals surface area contributed by atoms with E-state index in [0.717, 1.165) is 56.4 Å². The number of aromatic nitrogens is 2. The van der Waals surface area contributed by atoms with E-state index in [1.54, 1.807) is 13.3 Å². The van der Waals surface area contributed by atoms with Crippen molar-refractivity contribution in [2.24, 2.45) is 0 Å². The summed E-state index contributed by atoms with van der Waals surface area (Å²) >= 11 is 0. The molecule has 9 heteroatoms. The number of morpholine rings is 1. The van der Waals surface area contributed by atoms with Gasteiger partial charge in [-0.05, 0) is 18.2 Å². The average Bonchev–Trinajstić information content (AvgIpc) is 3.36. The third-order valence-electron chi connectivity index (χ3n) is 5.72. The number of carbonyl (C=O) groups is 1. The highest BCUT2D eigenvalue weighted by Gasteiger charge is 2.18. The van der Waals surface area contributed by atoms with Crippen LogP contribution in [0, 0.1) is 0 Å². The standard InChI is InChI=1S/C25H31N5O4/c1-32-23-8-3-2-6-20(23)17-30(11-10-29-12-14-33-15-13-29)18-24-28-22(19-34-24)25(31)27-16-21-7-4-5-9-26-21/h2-9,19H,10-18H2,1H3,(H,27,31). The summed E-state index contributed by atoms with van der Waals surface area (Å²) < 4.78 is 16.7. The minimum atomic E-state index is -0.287. The molecule has 1 aliphatic rings. The maximum Gasteiger partial charge on any atom is 0.273 e. The molecule has 0 saturated carbocycles.